The maximum atomic E-state index is 12.5. The van der Waals surface area contributed by atoms with Crippen LogP contribution < -0.4 is 0 Å². The first-order valence-electron chi connectivity index (χ1n) is 6.76. The Morgan fingerprint density at radius 2 is 2.33 bits per heavy atom. The normalized spacial score (nSPS) is 18.0. The first-order chi connectivity index (χ1) is 10.1. The maximum absolute atomic E-state index is 12.5. The summed E-state index contributed by atoms with van der Waals surface area (Å²) in [4.78, 5) is 14.3. The summed E-state index contributed by atoms with van der Waals surface area (Å²) in [6.07, 6.45) is 4.08. The van der Waals surface area contributed by atoms with E-state index in [4.69, 9.17) is 9.78 Å². The molecule has 1 aliphatic heterocycles. The van der Waals surface area contributed by atoms with Crippen LogP contribution in [0.2, 0.25) is 0 Å². The molecule has 1 aliphatic rings. The summed E-state index contributed by atoms with van der Waals surface area (Å²) >= 11 is 0. The number of hydrogen-bond donors (Lipinski definition) is 0. The minimum absolute atomic E-state index is 0.0542. The van der Waals surface area contributed by atoms with Gasteiger partial charge in [-0.15, -0.1) is 0 Å². The molecule has 108 valence electrons. The Morgan fingerprint density at radius 3 is 2.95 bits per heavy atom. The number of rotatable bonds is 2. The fourth-order valence-corrected chi connectivity index (χ4v) is 2.68. The second-order valence-corrected chi connectivity index (χ2v) is 5.21. The molecule has 1 unspecified atom stereocenters. The van der Waals surface area contributed by atoms with Crippen molar-refractivity contribution in [2.45, 2.75) is 26.3 Å². The maximum Gasteiger partial charge on any atom is 0.259 e. The molecule has 7 nitrogen and oxygen atoms in total. The number of carbonyl (C=O) groups excluding carboxylic acids is 1. The molecule has 1 saturated heterocycles. The molecule has 0 aliphatic carbocycles. The molecule has 0 N–H and O–H groups in total. The minimum Gasteiger partial charge on any atom is -0.361 e. The van der Waals surface area contributed by atoms with Gasteiger partial charge in [0.05, 0.1) is 23.5 Å². The van der Waals surface area contributed by atoms with Crippen LogP contribution in [0.1, 0.15) is 39.8 Å². The molecule has 1 amide bonds. The average molecular weight is 285 g/mol. The van der Waals surface area contributed by atoms with Crippen LogP contribution in [0.25, 0.3) is 0 Å². The van der Waals surface area contributed by atoms with E-state index in [0.29, 0.717) is 35.7 Å². The van der Waals surface area contributed by atoms with Gasteiger partial charge < -0.3 is 9.42 Å². The Labute approximate surface area is 121 Å². The minimum atomic E-state index is -0.0542. The van der Waals surface area contributed by atoms with E-state index in [1.54, 1.807) is 35.8 Å². The first-order valence-corrected chi connectivity index (χ1v) is 6.76. The summed E-state index contributed by atoms with van der Waals surface area (Å²) in [7, 11) is 0. The lowest BCUT2D eigenvalue weighted by atomic mass is 10.2. The summed E-state index contributed by atoms with van der Waals surface area (Å²) < 4.78 is 6.82. The molecular formula is C14H15N5O2. The standard InChI is InChI=1S/C14H15N5O2/c1-9-13(10(2)21-17-9)14(20)18-4-3-12(8-18)19-7-11(5-15)6-16-19/h6-7,12H,3-4,8H2,1-2H3. The number of nitrogens with zero attached hydrogens (tertiary/aromatic N) is 5. The monoisotopic (exact) mass is 285 g/mol. The van der Waals surface area contributed by atoms with Crippen molar-refractivity contribution in [1.29, 1.82) is 5.26 Å². The summed E-state index contributed by atoms with van der Waals surface area (Å²) in [5.41, 5.74) is 1.70. The lowest BCUT2D eigenvalue weighted by Crippen LogP contribution is -2.29. The number of amides is 1. The van der Waals surface area contributed by atoms with Crippen molar-refractivity contribution in [2.24, 2.45) is 0 Å². The van der Waals surface area contributed by atoms with Crippen LogP contribution in [-0.2, 0) is 0 Å². The Balaban J connectivity index is 1.75. The molecule has 21 heavy (non-hydrogen) atoms. The Bertz CT molecular complexity index is 705. The summed E-state index contributed by atoms with van der Waals surface area (Å²) in [6, 6.07) is 2.17. The van der Waals surface area contributed by atoms with Gasteiger partial charge in [-0.25, -0.2) is 0 Å². The topological polar surface area (TPSA) is 88.0 Å². The van der Waals surface area contributed by atoms with E-state index < -0.39 is 0 Å². The lowest BCUT2D eigenvalue weighted by molar-refractivity contribution is 0.0784. The molecule has 0 aromatic carbocycles. The van der Waals surface area contributed by atoms with Crippen molar-refractivity contribution in [3.63, 3.8) is 0 Å². The molecule has 3 heterocycles. The summed E-state index contributed by atoms with van der Waals surface area (Å²) in [6.45, 7) is 4.75. The molecule has 0 saturated carbocycles. The van der Waals surface area contributed by atoms with Gasteiger partial charge in [0.1, 0.15) is 17.4 Å². The molecule has 1 atom stereocenters. The molecule has 1 fully saturated rings. The van der Waals surface area contributed by atoms with Crippen molar-refractivity contribution >= 4 is 5.91 Å². The van der Waals surface area contributed by atoms with Crippen LogP contribution in [0.5, 0.6) is 0 Å². The molecule has 0 radical (unpaired) electrons. The smallest absolute Gasteiger partial charge is 0.259 e. The van der Waals surface area contributed by atoms with Gasteiger partial charge in [-0.3, -0.25) is 9.48 Å². The van der Waals surface area contributed by atoms with Crippen molar-refractivity contribution < 1.29 is 9.32 Å². The van der Waals surface area contributed by atoms with Gasteiger partial charge in [0.15, 0.2) is 0 Å². The number of hydrogen-bond acceptors (Lipinski definition) is 5. The van der Waals surface area contributed by atoms with Crippen LogP contribution in [0, 0.1) is 25.2 Å². The quantitative estimate of drug-likeness (QED) is 0.833. The number of likely N-dealkylation sites (tertiary alicyclic amines) is 1. The van der Waals surface area contributed by atoms with Crippen molar-refractivity contribution in [3.8, 4) is 6.07 Å². The predicted octanol–water partition coefficient (Wildman–Crippen LogP) is 1.45. The predicted molar refractivity (Wildman–Crippen MR) is 72.5 cm³/mol. The highest BCUT2D eigenvalue weighted by molar-refractivity contribution is 5.96. The molecular weight excluding hydrogens is 270 g/mol. The van der Waals surface area contributed by atoms with E-state index in [-0.39, 0.29) is 11.9 Å². The van der Waals surface area contributed by atoms with E-state index in [9.17, 15) is 4.79 Å². The van der Waals surface area contributed by atoms with Gasteiger partial charge in [-0.05, 0) is 20.3 Å². The SMILES string of the molecule is Cc1noc(C)c1C(=O)N1CCC(n2cc(C#N)cn2)C1. The third-order valence-corrected chi connectivity index (χ3v) is 3.80. The van der Waals surface area contributed by atoms with Crippen molar-refractivity contribution in [3.05, 3.63) is 35.0 Å². The largest absolute Gasteiger partial charge is 0.361 e. The van der Waals surface area contributed by atoms with Crippen LogP contribution in [0.4, 0.5) is 0 Å². The highest BCUT2D eigenvalue weighted by Crippen LogP contribution is 2.24. The van der Waals surface area contributed by atoms with E-state index in [0.717, 1.165) is 6.42 Å². The van der Waals surface area contributed by atoms with Gasteiger partial charge in [-0.2, -0.15) is 10.4 Å². The second kappa shape index (κ2) is 5.05. The third-order valence-electron chi connectivity index (χ3n) is 3.80. The fourth-order valence-electron chi connectivity index (χ4n) is 2.68. The van der Waals surface area contributed by atoms with Crippen LogP contribution in [0.15, 0.2) is 16.9 Å². The van der Waals surface area contributed by atoms with E-state index >= 15 is 0 Å². The fraction of sp³-hybridized carbons (Fsp3) is 0.429. The van der Waals surface area contributed by atoms with Gasteiger partial charge in [0, 0.05) is 19.3 Å². The third kappa shape index (κ3) is 2.29. The number of aryl methyl sites for hydroxylation is 2. The highest BCUT2D eigenvalue weighted by Gasteiger charge is 2.31. The Kier molecular flexibility index (Phi) is 3.22. The lowest BCUT2D eigenvalue weighted by Gasteiger charge is -2.16. The molecule has 0 spiro atoms. The zero-order valence-electron chi connectivity index (χ0n) is 11.9. The number of carbonyl (C=O) groups is 1. The van der Waals surface area contributed by atoms with E-state index in [1.165, 1.54) is 0 Å². The highest BCUT2D eigenvalue weighted by atomic mass is 16.5. The van der Waals surface area contributed by atoms with E-state index in [1.807, 2.05) is 0 Å². The number of aromatic nitrogens is 3. The Morgan fingerprint density at radius 1 is 1.52 bits per heavy atom. The summed E-state index contributed by atoms with van der Waals surface area (Å²) in [5, 5.41) is 16.8. The van der Waals surface area contributed by atoms with Gasteiger partial charge in [0.25, 0.3) is 5.91 Å². The molecule has 3 rings (SSSR count). The zero-order valence-corrected chi connectivity index (χ0v) is 11.9. The molecule has 2 aromatic rings. The first kappa shape index (κ1) is 13.4. The average Bonchev–Trinajstić information content (AvgIpc) is 3.17. The molecule has 7 heteroatoms. The van der Waals surface area contributed by atoms with Gasteiger partial charge in [-0.1, -0.05) is 5.16 Å². The van der Waals surface area contributed by atoms with Crippen molar-refractivity contribution in [2.75, 3.05) is 13.1 Å². The molecule has 0 bridgehead atoms. The number of nitriles is 1. The summed E-state index contributed by atoms with van der Waals surface area (Å²) in [5.74, 6) is 0.494. The van der Waals surface area contributed by atoms with E-state index in [2.05, 4.69) is 16.3 Å². The Hall–Kier alpha value is -2.62. The zero-order chi connectivity index (χ0) is 15.0. The van der Waals surface area contributed by atoms with Gasteiger partial charge >= 0.3 is 0 Å². The van der Waals surface area contributed by atoms with Crippen LogP contribution >= 0.6 is 0 Å². The second-order valence-electron chi connectivity index (χ2n) is 5.21. The molecule has 2 aromatic heterocycles. The van der Waals surface area contributed by atoms with Gasteiger partial charge in [0.2, 0.25) is 0 Å². The van der Waals surface area contributed by atoms with Crippen LogP contribution in [-0.4, -0.2) is 38.8 Å². The van der Waals surface area contributed by atoms with Crippen LogP contribution in [0.3, 0.4) is 0 Å². The van der Waals surface area contributed by atoms with Crippen molar-refractivity contribution in [1.82, 2.24) is 19.8 Å².